The molecule has 1 atom stereocenters. The average molecular weight is 358 g/mol. The second-order valence-electron chi connectivity index (χ2n) is 5.69. The Balaban J connectivity index is 0.00000200. The second-order valence-corrected chi connectivity index (χ2v) is 6.72. The molecule has 1 saturated heterocycles. The van der Waals surface area contributed by atoms with E-state index in [1.54, 1.807) is 11.8 Å². The van der Waals surface area contributed by atoms with Gasteiger partial charge in [0.05, 0.1) is 6.04 Å². The molecule has 1 saturated carbocycles. The highest BCUT2D eigenvalue weighted by atomic mass is 35.5. The minimum Gasteiger partial charge on any atom is -0.355 e. The quantitative estimate of drug-likeness (QED) is 0.715. The molecular weight excluding hydrogens is 329 g/mol. The van der Waals surface area contributed by atoms with Gasteiger partial charge in [0.25, 0.3) is 0 Å². The largest absolute Gasteiger partial charge is 0.355 e. The summed E-state index contributed by atoms with van der Waals surface area (Å²) in [4.78, 5) is 14.3. The van der Waals surface area contributed by atoms with Crippen molar-refractivity contribution in [3.05, 3.63) is 0 Å². The van der Waals surface area contributed by atoms with Crippen LogP contribution in [0.25, 0.3) is 0 Å². The fraction of sp³-hybridized carbons (Fsp3) is 0.929. The van der Waals surface area contributed by atoms with Crippen molar-refractivity contribution in [2.75, 3.05) is 31.8 Å². The zero-order chi connectivity index (χ0) is 13.5. The molecule has 126 valence electrons. The molecular formula is C14H29Cl2N3OS. The van der Waals surface area contributed by atoms with E-state index in [1.165, 1.54) is 32.1 Å². The molecule has 1 amide bonds. The van der Waals surface area contributed by atoms with E-state index >= 15 is 0 Å². The van der Waals surface area contributed by atoms with Gasteiger partial charge in [-0.1, -0.05) is 19.3 Å². The number of hydrogen-bond donors (Lipinski definition) is 2. The highest BCUT2D eigenvalue weighted by molar-refractivity contribution is 7.99. The first-order valence-corrected chi connectivity index (χ1v) is 8.72. The molecule has 1 aliphatic heterocycles. The molecule has 2 aliphatic rings. The normalized spacial score (nSPS) is 22.5. The number of hydrogen-bond acceptors (Lipinski definition) is 4. The molecule has 2 rings (SSSR count). The van der Waals surface area contributed by atoms with Crippen LogP contribution in [0.3, 0.4) is 0 Å². The topological polar surface area (TPSA) is 44.4 Å². The Morgan fingerprint density at radius 3 is 2.62 bits per heavy atom. The van der Waals surface area contributed by atoms with E-state index in [-0.39, 0.29) is 36.8 Å². The Bertz CT molecular complexity index is 285. The third-order valence-corrected chi connectivity index (χ3v) is 5.16. The van der Waals surface area contributed by atoms with Gasteiger partial charge in [-0.25, -0.2) is 0 Å². The standard InChI is InChI=1S/C14H27N3OS.2ClH/c1-17(12-6-3-2-4-7-12)9-5-8-15-14(18)13-10-19-11-16-13;;/h12-13,16H,2-11H2,1H3,(H,15,18);2*1H. The number of nitrogens with one attached hydrogen (secondary N) is 2. The first kappa shape index (κ1) is 21.3. The molecule has 2 fully saturated rings. The van der Waals surface area contributed by atoms with Crippen LogP contribution in [0.4, 0.5) is 0 Å². The summed E-state index contributed by atoms with van der Waals surface area (Å²) < 4.78 is 0. The lowest BCUT2D eigenvalue weighted by molar-refractivity contribution is -0.122. The van der Waals surface area contributed by atoms with Gasteiger partial charge >= 0.3 is 0 Å². The summed E-state index contributed by atoms with van der Waals surface area (Å²) in [7, 11) is 2.23. The van der Waals surface area contributed by atoms with Gasteiger partial charge in [-0.3, -0.25) is 10.1 Å². The third-order valence-electron chi connectivity index (χ3n) is 4.22. The fourth-order valence-electron chi connectivity index (χ4n) is 2.93. The minimum absolute atomic E-state index is 0. The summed E-state index contributed by atoms with van der Waals surface area (Å²) in [6, 6.07) is 0.804. The second kappa shape index (κ2) is 11.8. The molecule has 1 aliphatic carbocycles. The number of thioether (sulfide) groups is 1. The van der Waals surface area contributed by atoms with Crippen molar-refractivity contribution in [3.63, 3.8) is 0 Å². The first-order chi connectivity index (χ1) is 9.27. The Hall–Kier alpha value is 0.320. The van der Waals surface area contributed by atoms with Crippen molar-refractivity contribution in [2.24, 2.45) is 0 Å². The number of nitrogens with zero attached hydrogens (tertiary/aromatic N) is 1. The van der Waals surface area contributed by atoms with Crippen LogP contribution in [0, 0.1) is 0 Å². The summed E-state index contributed by atoms with van der Waals surface area (Å²) in [6.45, 7) is 1.90. The lowest BCUT2D eigenvalue weighted by Crippen LogP contribution is -2.43. The van der Waals surface area contributed by atoms with Gasteiger partial charge in [-0.15, -0.1) is 36.6 Å². The fourth-order valence-corrected chi connectivity index (χ4v) is 3.87. The van der Waals surface area contributed by atoms with Gasteiger partial charge in [0.1, 0.15) is 0 Å². The average Bonchev–Trinajstić information content (AvgIpc) is 2.98. The maximum atomic E-state index is 11.8. The van der Waals surface area contributed by atoms with E-state index in [2.05, 4.69) is 22.6 Å². The van der Waals surface area contributed by atoms with Crippen LogP contribution in [-0.2, 0) is 4.79 Å². The van der Waals surface area contributed by atoms with Crippen molar-refractivity contribution in [1.82, 2.24) is 15.5 Å². The van der Waals surface area contributed by atoms with E-state index in [9.17, 15) is 4.79 Å². The summed E-state index contributed by atoms with van der Waals surface area (Å²) in [5.74, 6) is 1.99. The molecule has 0 radical (unpaired) electrons. The monoisotopic (exact) mass is 357 g/mol. The predicted molar refractivity (Wildman–Crippen MR) is 95.9 cm³/mol. The lowest BCUT2D eigenvalue weighted by atomic mass is 9.94. The molecule has 21 heavy (non-hydrogen) atoms. The van der Waals surface area contributed by atoms with Crippen LogP contribution in [-0.4, -0.2) is 54.7 Å². The zero-order valence-electron chi connectivity index (χ0n) is 12.8. The van der Waals surface area contributed by atoms with Gasteiger partial charge in [0.2, 0.25) is 5.91 Å². The minimum atomic E-state index is 0. The Kier molecular flexibility index (Phi) is 12.0. The zero-order valence-corrected chi connectivity index (χ0v) is 15.3. The summed E-state index contributed by atoms with van der Waals surface area (Å²) in [6.07, 6.45) is 7.94. The molecule has 2 N–H and O–H groups in total. The van der Waals surface area contributed by atoms with Crippen LogP contribution in [0.2, 0.25) is 0 Å². The number of amides is 1. The van der Waals surface area contributed by atoms with Crippen molar-refractivity contribution < 1.29 is 4.79 Å². The maximum Gasteiger partial charge on any atom is 0.238 e. The van der Waals surface area contributed by atoms with Gasteiger partial charge in [-0.2, -0.15) is 0 Å². The molecule has 1 heterocycles. The summed E-state index contributed by atoms with van der Waals surface area (Å²) in [5, 5.41) is 6.24. The van der Waals surface area contributed by atoms with Crippen LogP contribution in [0.1, 0.15) is 38.5 Å². The maximum absolute atomic E-state index is 11.8. The smallest absolute Gasteiger partial charge is 0.238 e. The van der Waals surface area contributed by atoms with Gasteiger partial charge < -0.3 is 10.2 Å². The molecule has 0 spiro atoms. The predicted octanol–water partition coefficient (Wildman–Crippen LogP) is 2.26. The van der Waals surface area contributed by atoms with Gasteiger partial charge in [0, 0.05) is 24.2 Å². The summed E-state index contributed by atoms with van der Waals surface area (Å²) in [5.41, 5.74) is 0. The number of carbonyl (C=O) groups is 1. The molecule has 0 bridgehead atoms. The van der Waals surface area contributed by atoms with Crippen LogP contribution in [0.5, 0.6) is 0 Å². The Labute approximate surface area is 145 Å². The van der Waals surface area contributed by atoms with Crippen molar-refractivity contribution in [2.45, 2.75) is 50.6 Å². The van der Waals surface area contributed by atoms with Crippen LogP contribution >= 0.6 is 36.6 Å². The molecule has 0 aromatic rings. The van der Waals surface area contributed by atoms with Crippen molar-refractivity contribution >= 4 is 42.5 Å². The van der Waals surface area contributed by atoms with Gasteiger partial charge in [0.15, 0.2) is 0 Å². The SMILES string of the molecule is CN(CCCNC(=O)C1CSCN1)C1CCCCC1.Cl.Cl. The van der Waals surface area contributed by atoms with Gasteiger partial charge in [-0.05, 0) is 32.9 Å². The van der Waals surface area contributed by atoms with E-state index in [1.807, 2.05) is 0 Å². The number of halogens is 2. The number of carbonyl (C=O) groups excluding carboxylic acids is 1. The van der Waals surface area contributed by atoms with Crippen LogP contribution < -0.4 is 10.6 Å². The third kappa shape index (κ3) is 7.42. The van der Waals surface area contributed by atoms with E-state index in [4.69, 9.17) is 0 Å². The molecule has 0 aromatic carbocycles. The van der Waals surface area contributed by atoms with Crippen molar-refractivity contribution in [3.8, 4) is 0 Å². The Morgan fingerprint density at radius 1 is 1.29 bits per heavy atom. The molecule has 7 heteroatoms. The first-order valence-electron chi connectivity index (χ1n) is 7.56. The van der Waals surface area contributed by atoms with E-state index in [0.717, 1.165) is 37.2 Å². The molecule has 1 unspecified atom stereocenters. The highest BCUT2D eigenvalue weighted by Gasteiger charge is 2.22. The highest BCUT2D eigenvalue weighted by Crippen LogP contribution is 2.21. The number of rotatable bonds is 6. The lowest BCUT2D eigenvalue weighted by Gasteiger charge is -2.31. The summed E-state index contributed by atoms with van der Waals surface area (Å²) >= 11 is 1.79. The Morgan fingerprint density at radius 2 is 2.00 bits per heavy atom. The molecule has 4 nitrogen and oxygen atoms in total. The van der Waals surface area contributed by atoms with Crippen molar-refractivity contribution in [1.29, 1.82) is 0 Å². The van der Waals surface area contributed by atoms with Crippen LogP contribution in [0.15, 0.2) is 0 Å². The van der Waals surface area contributed by atoms with E-state index < -0.39 is 0 Å². The van der Waals surface area contributed by atoms with E-state index in [0.29, 0.717) is 0 Å². The molecule has 0 aromatic heterocycles.